The highest BCUT2D eigenvalue weighted by molar-refractivity contribution is 5.91. The quantitative estimate of drug-likeness (QED) is 0.429. The Kier molecular flexibility index (Phi) is 5.02. The molecule has 10 atom stereocenters. The van der Waals surface area contributed by atoms with Gasteiger partial charge in [0.2, 0.25) is 0 Å². The van der Waals surface area contributed by atoms with Crippen molar-refractivity contribution in [1.82, 2.24) is 9.80 Å². The number of rotatable bonds is 3. The lowest BCUT2D eigenvalue weighted by atomic mass is 9.41. The molecule has 3 N–H and O–H groups in total. The fraction of sp³-hybridized carbons (Fsp3) is 0.583. The number of hydrogen-bond donors (Lipinski definition) is 3. The van der Waals surface area contributed by atoms with Gasteiger partial charge in [0.05, 0.1) is 25.0 Å². The Labute approximate surface area is 267 Å². The Morgan fingerprint density at radius 1 is 0.783 bits per heavy atom. The lowest BCUT2D eigenvalue weighted by Crippen LogP contribution is -2.84. The zero-order chi connectivity index (χ0) is 31.8. The number of carbonyl (C=O) groups excluding carboxylic acids is 1. The van der Waals surface area contributed by atoms with Crippen LogP contribution in [0, 0.1) is 5.92 Å². The third-order valence-corrected chi connectivity index (χ3v) is 14.0. The van der Waals surface area contributed by atoms with Gasteiger partial charge in [-0.25, -0.2) is 0 Å². The van der Waals surface area contributed by atoms with Crippen LogP contribution >= 0.6 is 0 Å². The van der Waals surface area contributed by atoms with E-state index in [2.05, 4.69) is 15.9 Å². The van der Waals surface area contributed by atoms with E-state index in [-0.39, 0.29) is 18.2 Å². The summed E-state index contributed by atoms with van der Waals surface area (Å²) in [7, 11) is 7.24. The van der Waals surface area contributed by atoms with Crippen LogP contribution in [0.15, 0.2) is 36.4 Å². The molecule has 2 spiro atoms. The summed E-state index contributed by atoms with van der Waals surface area (Å²) in [6, 6.07) is 7.25. The second kappa shape index (κ2) is 8.28. The minimum absolute atomic E-state index is 0.0994. The van der Waals surface area contributed by atoms with Gasteiger partial charge in [-0.3, -0.25) is 9.69 Å². The fourth-order valence-corrected chi connectivity index (χ4v) is 12.1. The average Bonchev–Trinajstić information content (AvgIpc) is 3.59. The maximum atomic E-state index is 14.5. The summed E-state index contributed by atoms with van der Waals surface area (Å²) in [4.78, 5) is 18.8. The Bertz CT molecular complexity index is 1800. The van der Waals surface area contributed by atoms with E-state index >= 15 is 0 Å². The maximum Gasteiger partial charge on any atom is 0.174 e. The molecule has 0 aromatic heterocycles. The maximum absolute atomic E-state index is 14.5. The molecular weight excluding hydrogens is 588 g/mol. The zero-order valence-corrected chi connectivity index (χ0v) is 26.6. The van der Waals surface area contributed by atoms with Crippen molar-refractivity contribution in [2.75, 3.05) is 41.4 Å². The van der Waals surface area contributed by atoms with E-state index in [1.165, 1.54) is 0 Å². The van der Waals surface area contributed by atoms with Crippen molar-refractivity contribution in [3.05, 3.63) is 58.7 Å². The first-order valence-corrected chi connectivity index (χ1v) is 16.6. The van der Waals surface area contributed by atoms with Crippen molar-refractivity contribution in [3.8, 4) is 23.0 Å². The Morgan fingerprint density at radius 2 is 1.37 bits per heavy atom. The first kappa shape index (κ1) is 27.9. The minimum Gasteiger partial charge on any atom is -0.493 e. The van der Waals surface area contributed by atoms with Crippen molar-refractivity contribution in [2.45, 2.75) is 84.0 Å². The summed E-state index contributed by atoms with van der Waals surface area (Å²) >= 11 is 0. The van der Waals surface area contributed by atoms with Crippen molar-refractivity contribution >= 4 is 5.78 Å². The first-order chi connectivity index (χ1) is 22.0. The summed E-state index contributed by atoms with van der Waals surface area (Å²) < 4.78 is 25.0. The summed E-state index contributed by atoms with van der Waals surface area (Å²) in [5.74, 6) is 1.06. The summed E-state index contributed by atoms with van der Waals surface area (Å²) in [5, 5.41) is 40.0. The number of ether oxygens (including phenoxy) is 4. The number of aliphatic hydroxyl groups is 3. The number of ketones is 1. The molecule has 2 aromatic rings. The van der Waals surface area contributed by atoms with Crippen LogP contribution in [0.1, 0.15) is 41.5 Å². The van der Waals surface area contributed by atoms with E-state index in [9.17, 15) is 20.1 Å². The lowest BCUT2D eigenvalue weighted by molar-refractivity contribution is -0.260. The van der Waals surface area contributed by atoms with Gasteiger partial charge in [0, 0.05) is 35.5 Å². The highest BCUT2D eigenvalue weighted by atomic mass is 16.5. The Hall–Kier alpha value is -3.15. The number of piperidine rings is 2. The van der Waals surface area contributed by atoms with Gasteiger partial charge >= 0.3 is 0 Å². The van der Waals surface area contributed by atoms with E-state index in [0.29, 0.717) is 61.8 Å². The molecule has 4 bridgehead atoms. The van der Waals surface area contributed by atoms with Crippen LogP contribution in [-0.2, 0) is 28.5 Å². The number of hydrogen-bond acceptors (Lipinski definition) is 10. The van der Waals surface area contributed by atoms with Crippen LogP contribution in [0.5, 0.6) is 23.0 Å². The monoisotopic (exact) mass is 628 g/mol. The molecule has 10 rings (SSSR count). The molecule has 1 saturated carbocycles. The van der Waals surface area contributed by atoms with Gasteiger partial charge in [-0.2, -0.15) is 0 Å². The minimum atomic E-state index is -1.82. The first-order valence-electron chi connectivity index (χ1n) is 16.6. The Morgan fingerprint density at radius 3 is 2.04 bits per heavy atom. The normalized spacial score (nSPS) is 45.5. The van der Waals surface area contributed by atoms with E-state index in [4.69, 9.17) is 18.9 Å². The number of nitrogens with zero attached hydrogens (tertiary/aromatic N) is 2. The topological polar surface area (TPSA) is 121 Å². The van der Waals surface area contributed by atoms with E-state index in [0.717, 1.165) is 22.3 Å². The molecule has 10 nitrogen and oxygen atoms in total. The molecule has 3 fully saturated rings. The van der Waals surface area contributed by atoms with Crippen molar-refractivity contribution in [1.29, 1.82) is 0 Å². The zero-order valence-electron chi connectivity index (χ0n) is 26.6. The molecule has 242 valence electrons. The fourth-order valence-electron chi connectivity index (χ4n) is 12.1. The second-order valence-electron chi connectivity index (χ2n) is 15.2. The third-order valence-electron chi connectivity index (χ3n) is 14.0. The van der Waals surface area contributed by atoms with Crippen LogP contribution in [0.4, 0.5) is 0 Å². The molecule has 1 unspecified atom stereocenters. The molecule has 10 heteroatoms. The third kappa shape index (κ3) is 2.60. The summed E-state index contributed by atoms with van der Waals surface area (Å²) in [5.41, 5.74) is -2.97. The number of likely N-dealkylation sites (tertiary alicyclic amines) is 2. The molecule has 4 aliphatic carbocycles. The molecule has 0 amide bonds. The van der Waals surface area contributed by atoms with Gasteiger partial charge in [0.15, 0.2) is 34.9 Å². The number of carbonyl (C=O) groups is 1. The molecule has 8 aliphatic rings. The van der Waals surface area contributed by atoms with Crippen molar-refractivity contribution < 1.29 is 39.1 Å². The summed E-state index contributed by atoms with van der Waals surface area (Å²) in [6.07, 6.45) is 3.67. The SMILES string of the molecule is COc1ccc2c3c1O[C@H]1C(=O)C[C@H](C4(O)C=C[C@@]5(O)[C@H]6Cc7ccc(OC)c8c7[C@@]5(CCN6C)[C@H]4O8)[C@@]4(O)[C@@H](C2)N(C)CC[C@]314. The van der Waals surface area contributed by atoms with Crippen LogP contribution in [-0.4, -0.2) is 113 Å². The highest BCUT2D eigenvalue weighted by Crippen LogP contribution is 2.71. The van der Waals surface area contributed by atoms with Gasteiger partial charge < -0.3 is 39.2 Å². The standard InChI is InChI=1S/C36H40N2O8/c1-37-14-12-33-27-18-5-8-22(44-4)29(27)46-31(33)34(40,9-10-35(33,41)24(37)15-18)23-17-20(39)30-32-11-13-38(2)25(36(23,32)42)16-19-6-7-21(43-3)28(45-30)26(19)32/h5-10,23-25,30-31,40-42H,11-17H2,1-4H3/t23-,24-,25-,30+,31-,32+,33+,34?,35-,36-/m1/s1. The van der Waals surface area contributed by atoms with E-state index in [1.807, 2.05) is 32.3 Å². The van der Waals surface area contributed by atoms with Crippen molar-refractivity contribution in [3.63, 3.8) is 0 Å². The van der Waals surface area contributed by atoms with E-state index in [1.54, 1.807) is 26.4 Å². The highest BCUT2D eigenvalue weighted by Gasteiger charge is 2.82. The second-order valence-corrected chi connectivity index (χ2v) is 15.2. The molecule has 2 aromatic carbocycles. The lowest BCUT2D eigenvalue weighted by Gasteiger charge is -2.69. The number of methoxy groups -OCH3 is 2. The van der Waals surface area contributed by atoms with Gasteiger partial charge in [0.25, 0.3) is 0 Å². The molecule has 46 heavy (non-hydrogen) atoms. The molecule has 4 aliphatic heterocycles. The molecule has 0 radical (unpaired) electrons. The van der Waals surface area contributed by atoms with Crippen LogP contribution in [0.25, 0.3) is 0 Å². The number of benzene rings is 2. The van der Waals surface area contributed by atoms with Crippen LogP contribution in [0.3, 0.4) is 0 Å². The molecule has 4 heterocycles. The average molecular weight is 629 g/mol. The van der Waals surface area contributed by atoms with Crippen LogP contribution < -0.4 is 18.9 Å². The van der Waals surface area contributed by atoms with Crippen molar-refractivity contribution in [2.24, 2.45) is 5.92 Å². The number of likely N-dealkylation sites (N-methyl/N-ethyl adjacent to an activating group) is 2. The largest absolute Gasteiger partial charge is 0.493 e. The molecule has 2 saturated heterocycles. The molecular formula is C36H40N2O8. The van der Waals surface area contributed by atoms with Gasteiger partial charge in [-0.15, -0.1) is 0 Å². The summed E-state index contributed by atoms with van der Waals surface area (Å²) in [6.45, 7) is 1.36. The number of Topliss-reactive ketones (excluding diaryl/α,β-unsaturated/α-hetero) is 1. The smallest absolute Gasteiger partial charge is 0.174 e. The predicted octanol–water partition coefficient (Wildman–Crippen LogP) is 1.27. The van der Waals surface area contributed by atoms with Gasteiger partial charge in [-0.05, 0) is 76.1 Å². The van der Waals surface area contributed by atoms with E-state index < -0.39 is 51.8 Å². The van der Waals surface area contributed by atoms with Crippen LogP contribution in [0.2, 0.25) is 0 Å². The Balaban J connectivity index is 1.23. The predicted molar refractivity (Wildman–Crippen MR) is 165 cm³/mol. The van der Waals surface area contributed by atoms with Gasteiger partial charge in [-0.1, -0.05) is 24.3 Å². The van der Waals surface area contributed by atoms with Gasteiger partial charge in [0.1, 0.15) is 22.9 Å².